The lowest BCUT2D eigenvalue weighted by Crippen LogP contribution is -2.49. The molecule has 2 fully saturated rings. The SMILES string of the molecule is CC1(C)[C@H]2CC[C@@]1(CS(=O)(=O)NC(Cc1ccc(-c3cccc(NC(=O)NCc4cccnc4)c3)cc1)C(=O)O)C(=O)C2. The number of carboxylic acids is 1. The zero-order valence-electron chi connectivity index (χ0n) is 24.2. The summed E-state index contributed by atoms with van der Waals surface area (Å²) in [6, 6.07) is 16.4. The largest absolute Gasteiger partial charge is 0.480 e. The Morgan fingerprint density at radius 3 is 2.44 bits per heavy atom. The van der Waals surface area contributed by atoms with Crippen LogP contribution in [-0.4, -0.2) is 48.1 Å². The molecule has 0 aliphatic heterocycles. The number of urea groups is 1. The van der Waals surface area contributed by atoms with E-state index in [0.717, 1.165) is 23.1 Å². The molecule has 2 aromatic carbocycles. The predicted molar refractivity (Wildman–Crippen MR) is 163 cm³/mol. The first-order chi connectivity index (χ1) is 20.4. The van der Waals surface area contributed by atoms with Gasteiger partial charge in [-0.3, -0.25) is 14.6 Å². The van der Waals surface area contributed by atoms with Gasteiger partial charge in [-0.1, -0.05) is 56.3 Å². The molecule has 43 heavy (non-hydrogen) atoms. The molecule has 2 aliphatic carbocycles. The number of carbonyl (C=O) groups excluding carboxylic acids is 2. The Balaban J connectivity index is 1.21. The van der Waals surface area contributed by atoms with E-state index in [1.807, 2.05) is 50.2 Å². The monoisotopic (exact) mass is 604 g/mol. The Hall–Kier alpha value is -4.09. The summed E-state index contributed by atoms with van der Waals surface area (Å²) in [6.45, 7) is 4.24. The van der Waals surface area contributed by atoms with Crippen LogP contribution >= 0.6 is 0 Å². The van der Waals surface area contributed by atoms with Crippen LogP contribution in [0.3, 0.4) is 0 Å². The number of nitrogens with one attached hydrogen (secondary N) is 3. The van der Waals surface area contributed by atoms with Gasteiger partial charge in [-0.25, -0.2) is 17.9 Å². The molecule has 10 nitrogen and oxygen atoms in total. The Labute approximate surface area is 251 Å². The number of benzene rings is 2. The molecule has 0 radical (unpaired) electrons. The average Bonchev–Trinajstić information content (AvgIpc) is 3.31. The number of fused-ring (bicyclic) bond motifs is 2. The quantitative estimate of drug-likeness (QED) is 0.253. The van der Waals surface area contributed by atoms with Gasteiger partial charge in [-0.05, 0) is 71.0 Å². The molecule has 0 saturated heterocycles. The molecule has 5 rings (SSSR count). The van der Waals surface area contributed by atoms with E-state index < -0.39 is 38.6 Å². The van der Waals surface area contributed by atoms with Crippen LogP contribution in [-0.2, 0) is 32.6 Å². The lowest BCUT2D eigenvalue weighted by molar-refractivity contribution is -0.138. The van der Waals surface area contributed by atoms with E-state index in [4.69, 9.17) is 0 Å². The number of hydrogen-bond acceptors (Lipinski definition) is 6. The molecule has 226 valence electrons. The van der Waals surface area contributed by atoms with Crippen LogP contribution in [0.1, 0.15) is 44.2 Å². The fourth-order valence-corrected chi connectivity index (χ4v) is 8.60. The van der Waals surface area contributed by atoms with E-state index in [9.17, 15) is 27.9 Å². The molecule has 1 heterocycles. The molecule has 2 aliphatic rings. The highest BCUT2D eigenvalue weighted by atomic mass is 32.2. The molecule has 2 amide bonds. The third-order valence-corrected chi connectivity index (χ3v) is 10.7. The molecular weight excluding hydrogens is 568 g/mol. The number of rotatable bonds is 11. The van der Waals surface area contributed by atoms with Crippen molar-refractivity contribution in [2.45, 2.75) is 52.1 Å². The van der Waals surface area contributed by atoms with Gasteiger partial charge >= 0.3 is 12.0 Å². The highest BCUT2D eigenvalue weighted by Gasteiger charge is 2.65. The third-order valence-electron chi connectivity index (χ3n) is 9.22. The van der Waals surface area contributed by atoms with E-state index in [1.54, 1.807) is 36.7 Å². The highest BCUT2D eigenvalue weighted by Crippen LogP contribution is 2.64. The maximum atomic E-state index is 13.2. The minimum atomic E-state index is -4.06. The first-order valence-electron chi connectivity index (χ1n) is 14.3. The van der Waals surface area contributed by atoms with Gasteiger partial charge in [0.2, 0.25) is 10.0 Å². The van der Waals surface area contributed by atoms with Crippen molar-refractivity contribution in [3.05, 3.63) is 84.2 Å². The van der Waals surface area contributed by atoms with Crippen LogP contribution in [0, 0.1) is 16.7 Å². The van der Waals surface area contributed by atoms with Crippen molar-refractivity contribution in [1.82, 2.24) is 15.0 Å². The number of Topliss-reactive ketones (excluding diaryl/α,β-unsaturated/α-hetero) is 1. The van der Waals surface area contributed by atoms with E-state index in [1.165, 1.54) is 0 Å². The average molecular weight is 605 g/mol. The number of carboxylic acid groups (broad SMARTS) is 1. The molecule has 3 atom stereocenters. The molecule has 3 aromatic rings. The summed E-state index contributed by atoms with van der Waals surface area (Å²) >= 11 is 0. The van der Waals surface area contributed by atoms with Gasteiger partial charge in [0.05, 0.1) is 5.75 Å². The lowest BCUT2D eigenvalue weighted by atomic mass is 9.70. The number of pyridine rings is 1. The van der Waals surface area contributed by atoms with Crippen LogP contribution in [0.4, 0.5) is 10.5 Å². The number of nitrogens with zero attached hydrogens (tertiary/aromatic N) is 1. The summed E-state index contributed by atoms with van der Waals surface area (Å²) in [6.07, 6.45) is 4.99. The lowest BCUT2D eigenvalue weighted by Gasteiger charge is -2.36. The van der Waals surface area contributed by atoms with Gasteiger partial charge in [0.25, 0.3) is 0 Å². The molecule has 4 N–H and O–H groups in total. The zero-order chi connectivity index (χ0) is 30.8. The van der Waals surface area contributed by atoms with Gasteiger partial charge in [0.15, 0.2) is 0 Å². The van der Waals surface area contributed by atoms with Crippen molar-refractivity contribution in [3.63, 3.8) is 0 Å². The first-order valence-corrected chi connectivity index (χ1v) is 15.9. The predicted octanol–water partition coefficient (Wildman–Crippen LogP) is 4.38. The van der Waals surface area contributed by atoms with Crippen LogP contribution in [0.2, 0.25) is 0 Å². The Kier molecular flexibility index (Phi) is 8.40. The molecule has 0 spiro atoms. The number of aliphatic carboxylic acids is 1. The summed E-state index contributed by atoms with van der Waals surface area (Å²) in [4.78, 5) is 41.3. The number of hydrogen-bond donors (Lipinski definition) is 4. The van der Waals surface area contributed by atoms with Crippen LogP contribution in [0.5, 0.6) is 0 Å². The van der Waals surface area contributed by atoms with E-state index >= 15 is 0 Å². The smallest absolute Gasteiger partial charge is 0.322 e. The fourth-order valence-electron chi connectivity index (χ4n) is 6.58. The Bertz CT molecular complexity index is 1630. The topological polar surface area (TPSA) is 155 Å². The third kappa shape index (κ3) is 6.47. The number of carbonyl (C=O) groups is 3. The van der Waals surface area contributed by atoms with Gasteiger partial charge in [0.1, 0.15) is 11.8 Å². The molecule has 2 saturated carbocycles. The standard InChI is InChI=1S/C32H36N4O6S/c1-31(2)25-12-13-32(31,28(37)17-25)20-43(41,42)36-27(29(38)39)15-21-8-10-23(11-9-21)24-6-3-7-26(16-24)35-30(40)34-19-22-5-4-14-33-18-22/h3-11,14,16,18,25,27,36H,12-13,15,17,19-20H2,1-2H3,(H,38,39)(H2,34,35,40)/t25-,27?,32+/m0/s1. The minimum absolute atomic E-state index is 0.0359. The van der Waals surface area contributed by atoms with Crippen LogP contribution < -0.4 is 15.4 Å². The van der Waals surface area contributed by atoms with E-state index in [-0.39, 0.29) is 24.2 Å². The van der Waals surface area contributed by atoms with Crippen LogP contribution in [0.25, 0.3) is 11.1 Å². The minimum Gasteiger partial charge on any atom is -0.480 e. The van der Waals surface area contributed by atoms with Gasteiger partial charge in [-0.2, -0.15) is 0 Å². The van der Waals surface area contributed by atoms with Gasteiger partial charge < -0.3 is 15.7 Å². The first kappa shape index (κ1) is 30.4. The molecule has 1 aromatic heterocycles. The summed E-state index contributed by atoms with van der Waals surface area (Å²) in [5.74, 6) is -1.55. The molecule has 2 bridgehead atoms. The molecule has 1 unspecified atom stereocenters. The number of amides is 2. The summed E-state index contributed by atoms with van der Waals surface area (Å²) in [7, 11) is -4.06. The Morgan fingerprint density at radius 2 is 1.81 bits per heavy atom. The second kappa shape index (κ2) is 11.9. The van der Waals surface area contributed by atoms with Crippen molar-refractivity contribution >= 4 is 33.5 Å². The van der Waals surface area contributed by atoms with Gasteiger partial charge in [0, 0.05) is 36.5 Å². The summed E-state index contributed by atoms with van der Waals surface area (Å²) < 4.78 is 28.8. The number of aromatic nitrogens is 1. The second-order valence-electron chi connectivity index (χ2n) is 12.1. The maximum absolute atomic E-state index is 13.2. The van der Waals surface area contributed by atoms with Crippen LogP contribution in [0.15, 0.2) is 73.1 Å². The van der Waals surface area contributed by atoms with Crippen molar-refractivity contribution in [1.29, 1.82) is 0 Å². The maximum Gasteiger partial charge on any atom is 0.322 e. The summed E-state index contributed by atoms with van der Waals surface area (Å²) in [5, 5.41) is 15.4. The number of ketones is 1. The number of sulfonamides is 1. The fraction of sp³-hybridized carbons (Fsp3) is 0.375. The summed E-state index contributed by atoms with van der Waals surface area (Å²) in [5.41, 5.74) is 2.38. The molecular formula is C32H36N4O6S. The number of anilines is 1. The van der Waals surface area contributed by atoms with E-state index in [0.29, 0.717) is 30.6 Å². The molecule has 11 heteroatoms. The van der Waals surface area contributed by atoms with Gasteiger partial charge in [-0.15, -0.1) is 0 Å². The zero-order valence-corrected chi connectivity index (χ0v) is 25.0. The highest BCUT2D eigenvalue weighted by molar-refractivity contribution is 7.89. The van der Waals surface area contributed by atoms with Crippen molar-refractivity contribution in [3.8, 4) is 11.1 Å². The normalized spacial score (nSPS) is 21.3. The van der Waals surface area contributed by atoms with E-state index in [2.05, 4.69) is 20.3 Å². The second-order valence-corrected chi connectivity index (χ2v) is 13.8. The Morgan fingerprint density at radius 1 is 1.05 bits per heavy atom. The van der Waals surface area contributed by atoms with Crippen molar-refractivity contribution < 1.29 is 27.9 Å². The van der Waals surface area contributed by atoms with Crippen molar-refractivity contribution in [2.75, 3.05) is 11.1 Å². The van der Waals surface area contributed by atoms with Crippen molar-refractivity contribution in [2.24, 2.45) is 16.7 Å².